The Bertz CT molecular complexity index is 1070. The maximum absolute atomic E-state index is 11.9. The minimum absolute atomic E-state index is 0.195. The van der Waals surface area contributed by atoms with Crippen LogP contribution in [0.2, 0.25) is 0 Å². The molecule has 0 unspecified atom stereocenters. The third-order valence-electron chi connectivity index (χ3n) is 4.30. The van der Waals surface area contributed by atoms with Crippen LogP contribution in [0.4, 0.5) is 0 Å². The molecule has 0 atom stereocenters. The van der Waals surface area contributed by atoms with Crippen LogP contribution in [0.25, 0.3) is 11.1 Å². The molecule has 3 aromatic rings. The number of nitriles is 1. The summed E-state index contributed by atoms with van der Waals surface area (Å²) in [6.07, 6.45) is 0. The molecular formula is C24H21N3O3S. The van der Waals surface area contributed by atoms with Crippen molar-refractivity contribution in [3.05, 3.63) is 83.9 Å². The number of ether oxygens (including phenoxy) is 1. The van der Waals surface area contributed by atoms with Crippen molar-refractivity contribution >= 4 is 23.6 Å². The summed E-state index contributed by atoms with van der Waals surface area (Å²) >= 11 is 1.39. The fraction of sp³-hybridized carbons (Fsp3) is 0.125. The first-order valence-corrected chi connectivity index (χ1v) is 10.5. The van der Waals surface area contributed by atoms with E-state index < -0.39 is 5.91 Å². The Balaban J connectivity index is 1.39. The van der Waals surface area contributed by atoms with Gasteiger partial charge < -0.3 is 4.74 Å². The van der Waals surface area contributed by atoms with Crippen molar-refractivity contribution in [2.24, 2.45) is 0 Å². The number of rotatable bonds is 7. The first-order valence-electron chi connectivity index (χ1n) is 9.54. The van der Waals surface area contributed by atoms with Gasteiger partial charge in [-0.15, -0.1) is 11.8 Å². The van der Waals surface area contributed by atoms with Gasteiger partial charge in [0, 0.05) is 4.90 Å². The van der Waals surface area contributed by atoms with Crippen LogP contribution in [-0.4, -0.2) is 24.2 Å². The standard InChI is InChI=1S/C24H21N3O3S/c1-17-2-12-22(13-3-17)31-16-24(29)27-26-23(28)15-30-21-10-8-20(9-11-21)19-6-4-18(14-25)5-7-19/h2-13H,15-16H2,1H3,(H,26,28)(H,27,29). The second-order valence-electron chi connectivity index (χ2n) is 6.70. The molecule has 7 heteroatoms. The number of benzene rings is 3. The average Bonchev–Trinajstić information content (AvgIpc) is 2.81. The molecule has 0 fully saturated rings. The van der Waals surface area contributed by atoms with E-state index in [0.29, 0.717) is 11.3 Å². The summed E-state index contributed by atoms with van der Waals surface area (Å²) < 4.78 is 5.46. The highest BCUT2D eigenvalue weighted by Gasteiger charge is 2.07. The summed E-state index contributed by atoms with van der Waals surface area (Å²) in [6, 6.07) is 24.5. The van der Waals surface area contributed by atoms with Crippen molar-refractivity contribution in [3.63, 3.8) is 0 Å². The number of carbonyl (C=O) groups is 2. The molecular weight excluding hydrogens is 410 g/mol. The number of amides is 2. The van der Waals surface area contributed by atoms with Crippen LogP contribution < -0.4 is 15.6 Å². The van der Waals surface area contributed by atoms with Crippen molar-refractivity contribution in [1.82, 2.24) is 10.9 Å². The van der Waals surface area contributed by atoms with Gasteiger partial charge in [-0.3, -0.25) is 20.4 Å². The van der Waals surface area contributed by atoms with E-state index in [2.05, 4.69) is 16.9 Å². The van der Waals surface area contributed by atoms with Crippen LogP contribution in [0.3, 0.4) is 0 Å². The molecule has 0 aliphatic carbocycles. The normalized spacial score (nSPS) is 10.1. The number of nitrogens with one attached hydrogen (secondary N) is 2. The van der Waals surface area contributed by atoms with Gasteiger partial charge in [-0.05, 0) is 54.4 Å². The van der Waals surface area contributed by atoms with Crippen molar-refractivity contribution in [2.45, 2.75) is 11.8 Å². The Morgan fingerprint density at radius 1 is 0.871 bits per heavy atom. The summed E-state index contributed by atoms with van der Waals surface area (Å²) in [5.74, 6) is -0.0228. The van der Waals surface area contributed by atoms with E-state index in [-0.39, 0.29) is 18.3 Å². The Morgan fingerprint density at radius 2 is 1.45 bits per heavy atom. The summed E-state index contributed by atoms with van der Waals surface area (Å²) in [4.78, 5) is 24.8. The van der Waals surface area contributed by atoms with E-state index in [1.54, 1.807) is 24.3 Å². The highest BCUT2D eigenvalue weighted by atomic mass is 32.2. The number of aryl methyl sites for hydroxylation is 1. The molecule has 0 aliphatic rings. The zero-order chi connectivity index (χ0) is 22.1. The lowest BCUT2D eigenvalue weighted by molar-refractivity contribution is -0.128. The van der Waals surface area contributed by atoms with E-state index in [9.17, 15) is 9.59 Å². The fourth-order valence-corrected chi connectivity index (χ4v) is 3.32. The van der Waals surface area contributed by atoms with Crippen LogP contribution in [0, 0.1) is 18.3 Å². The monoisotopic (exact) mass is 431 g/mol. The van der Waals surface area contributed by atoms with E-state index >= 15 is 0 Å². The first-order chi connectivity index (χ1) is 15.0. The fourth-order valence-electron chi connectivity index (χ4n) is 2.62. The molecule has 0 aliphatic heterocycles. The van der Waals surface area contributed by atoms with Crippen molar-refractivity contribution in [2.75, 3.05) is 12.4 Å². The third kappa shape index (κ3) is 6.91. The molecule has 0 spiro atoms. The van der Waals surface area contributed by atoms with E-state index in [1.165, 1.54) is 11.8 Å². The Hall–Kier alpha value is -3.76. The molecule has 0 aromatic heterocycles. The SMILES string of the molecule is Cc1ccc(SCC(=O)NNC(=O)COc2ccc(-c3ccc(C#N)cc3)cc2)cc1. The topological polar surface area (TPSA) is 91.2 Å². The molecule has 0 heterocycles. The molecule has 6 nitrogen and oxygen atoms in total. The van der Waals surface area contributed by atoms with Gasteiger partial charge in [0.05, 0.1) is 17.4 Å². The molecule has 3 aromatic carbocycles. The molecule has 3 rings (SSSR count). The van der Waals surface area contributed by atoms with Crippen LogP contribution >= 0.6 is 11.8 Å². The highest BCUT2D eigenvalue weighted by Crippen LogP contribution is 2.22. The Morgan fingerprint density at radius 3 is 2.06 bits per heavy atom. The van der Waals surface area contributed by atoms with Gasteiger partial charge in [0.1, 0.15) is 5.75 Å². The minimum Gasteiger partial charge on any atom is -0.484 e. The predicted octanol–water partition coefficient (Wildman–Crippen LogP) is 3.85. The van der Waals surface area contributed by atoms with Crippen LogP contribution in [0.15, 0.2) is 77.7 Å². The number of thioether (sulfide) groups is 1. The number of hydrogen-bond donors (Lipinski definition) is 2. The van der Waals surface area contributed by atoms with E-state index in [1.807, 2.05) is 55.5 Å². The van der Waals surface area contributed by atoms with Gasteiger partial charge in [-0.25, -0.2) is 0 Å². The lowest BCUT2D eigenvalue weighted by atomic mass is 10.0. The summed E-state index contributed by atoms with van der Waals surface area (Å²) in [5.41, 5.74) is 8.44. The van der Waals surface area contributed by atoms with Gasteiger partial charge in [0.15, 0.2) is 6.61 Å². The molecule has 156 valence electrons. The maximum atomic E-state index is 11.9. The minimum atomic E-state index is -0.454. The van der Waals surface area contributed by atoms with Crippen LogP contribution in [0.5, 0.6) is 5.75 Å². The third-order valence-corrected chi connectivity index (χ3v) is 5.32. The van der Waals surface area contributed by atoms with Crippen molar-refractivity contribution < 1.29 is 14.3 Å². The molecule has 0 saturated carbocycles. The number of hydrazine groups is 1. The quantitative estimate of drug-likeness (QED) is 0.438. The number of nitrogens with zero attached hydrogens (tertiary/aromatic N) is 1. The largest absolute Gasteiger partial charge is 0.484 e. The predicted molar refractivity (Wildman–Crippen MR) is 120 cm³/mol. The molecule has 0 radical (unpaired) electrons. The van der Waals surface area contributed by atoms with E-state index in [0.717, 1.165) is 21.6 Å². The van der Waals surface area contributed by atoms with Gasteiger partial charge in [-0.1, -0.05) is 42.0 Å². The van der Waals surface area contributed by atoms with Gasteiger partial charge in [0.25, 0.3) is 5.91 Å². The number of carbonyl (C=O) groups excluding carboxylic acids is 2. The molecule has 2 N–H and O–H groups in total. The van der Waals surface area contributed by atoms with Crippen LogP contribution in [-0.2, 0) is 9.59 Å². The zero-order valence-electron chi connectivity index (χ0n) is 16.9. The lowest BCUT2D eigenvalue weighted by Gasteiger charge is -2.09. The van der Waals surface area contributed by atoms with Gasteiger partial charge in [0.2, 0.25) is 5.91 Å². The zero-order valence-corrected chi connectivity index (χ0v) is 17.7. The maximum Gasteiger partial charge on any atom is 0.276 e. The smallest absolute Gasteiger partial charge is 0.276 e. The van der Waals surface area contributed by atoms with Crippen LogP contribution in [0.1, 0.15) is 11.1 Å². The first kappa shape index (κ1) is 21.9. The highest BCUT2D eigenvalue weighted by molar-refractivity contribution is 8.00. The van der Waals surface area contributed by atoms with Crippen molar-refractivity contribution in [1.29, 1.82) is 5.26 Å². The molecule has 2 amide bonds. The summed E-state index contributed by atoms with van der Waals surface area (Å²) in [5, 5.41) is 8.87. The van der Waals surface area contributed by atoms with E-state index in [4.69, 9.17) is 10.00 Å². The van der Waals surface area contributed by atoms with Crippen molar-refractivity contribution in [3.8, 4) is 22.9 Å². The van der Waals surface area contributed by atoms with Gasteiger partial charge in [-0.2, -0.15) is 5.26 Å². The number of hydrogen-bond acceptors (Lipinski definition) is 5. The molecule has 31 heavy (non-hydrogen) atoms. The molecule has 0 saturated heterocycles. The van der Waals surface area contributed by atoms with Gasteiger partial charge >= 0.3 is 0 Å². The lowest BCUT2D eigenvalue weighted by Crippen LogP contribution is -2.44. The Kier molecular flexibility index (Phi) is 7.68. The summed E-state index contributed by atoms with van der Waals surface area (Å²) in [7, 11) is 0. The Labute approximate surface area is 185 Å². The summed E-state index contributed by atoms with van der Waals surface area (Å²) in [6.45, 7) is 1.78. The second-order valence-corrected chi connectivity index (χ2v) is 7.75. The molecule has 0 bridgehead atoms. The average molecular weight is 432 g/mol. The second kappa shape index (κ2) is 10.9.